The molecule has 1 heterocycles. The largest absolute Gasteiger partial charge is 0.494 e. The van der Waals surface area contributed by atoms with Crippen LogP contribution in [0, 0.1) is 0 Å². The summed E-state index contributed by atoms with van der Waals surface area (Å²) in [5.74, 6) is 0.839. The number of aryl methyl sites for hydroxylation is 2. The minimum atomic E-state index is -0.655. The minimum Gasteiger partial charge on any atom is -0.494 e. The van der Waals surface area contributed by atoms with Crippen molar-refractivity contribution in [2.24, 2.45) is 0 Å². The van der Waals surface area contributed by atoms with Gasteiger partial charge in [0.25, 0.3) is 0 Å². The van der Waals surface area contributed by atoms with E-state index in [-0.39, 0.29) is 0 Å². The Hall–Kier alpha value is -1.81. The van der Waals surface area contributed by atoms with Gasteiger partial charge in [0, 0.05) is 6.54 Å². The van der Waals surface area contributed by atoms with Crippen LogP contribution >= 0.6 is 0 Å². The van der Waals surface area contributed by atoms with Crippen molar-refractivity contribution in [1.29, 1.82) is 0 Å². The van der Waals surface area contributed by atoms with Crippen molar-refractivity contribution in [1.82, 2.24) is 9.78 Å². The van der Waals surface area contributed by atoms with Crippen molar-refractivity contribution in [3.8, 4) is 5.75 Å². The van der Waals surface area contributed by atoms with Gasteiger partial charge in [-0.3, -0.25) is 4.68 Å². The molecule has 1 aromatic heterocycles. The van der Waals surface area contributed by atoms with E-state index in [1.165, 1.54) is 0 Å². The van der Waals surface area contributed by atoms with Crippen molar-refractivity contribution >= 4 is 0 Å². The molecule has 1 N–H and O–H groups in total. The summed E-state index contributed by atoms with van der Waals surface area (Å²) >= 11 is 0. The SMILES string of the molecule is CCCOc1ccc(C(O)c2cc(CC)nn2CC)cc1. The monoisotopic (exact) mass is 288 g/mol. The lowest BCUT2D eigenvalue weighted by atomic mass is 10.1. The van der Waals surface area contributed by atoms with Crippen LogP contribution in [0.25, 0.3) is 0 Å². The normalized spacial score (nSPS) is 12.4. The van der Waals surface area contributed by atoms with Gasteiger partial charge in [-0.15, -0.1) is 0 Å². The van der Waals surface area contributed by atoms with Crippen LogP contribution in [-0.4, -0.2) is 21.5 Å². The molecule has 0 spiro atoms. The van der Waals surface area contributed by atoms with Gasteiger partial charge in [-0.25, -0.2) is 0 Å². The maximum Gasteiger partial charge on any atom is 0.121 e. The second-order valence-corrected chi connectivity index (χ2v) is 5.05. The van der Waals surface area contributed by atoms with Gasteiger partial charge < -0.3 is 9.84 Å². The predicted octanol–water partition coefficient (Wildman–Crippen LogP) is 3.34. The van der Waals surface area contributed by atoms with Crippen molar-refractivity contribution < 1.29 is 9.84 Å². The molecule has 0 aliphatic carbocycles. The standard InChI is InChI=1S/C17H24N2O2/c1-4-11-21-15-9-7-13(8-10-15)17(20)16-12-14(5-2)18-19(16)6-3/h7-10,12,17,20H,4-6,11H2,1-3H3. The molecule has 1 atom stereocenters. The topological polar surface area (TPSA) is 47.3 Å². The summed E-state index contributed by atoms with van der Waals surface area (Å²) in [6, 6.07) is 9.61. The quantitative estimate of drug-likeness (QED) is 0.850. The Bertz CT molecular complexity index is 561. The molecule has 0 aliphatic rings. The molecule has 0 fully saturated rings. The molecule has 1 aromatic carbocycles. The van der Waals surface area contributed by atoms with E-state index in [1.807, 2.05) is 41.9 Å². The van der Waals surface area contributed by atoms with Gasteiger partial charge >= 0.3 is 0 Å². The Morgan fingerprint density at radius 2 is 1.90 bits per heavy atom. The average Bonchev–Trinajstić information content (AvgIpc) is 2.96. The molecule has 0 amide bonds. The number of hydrogen-bond donors (Lipinski definition) is 1. The van der Waals surface area contributed by atoms with Gasteiger partial charge in [-0.2, -0.15) is 5.10 Å². The van der Waals surface area contributed by atoms with E-state index in [4.69, 9.17) is 4.74 Å². The second kappa shape index (κ2) is 7.27. The fourth-order valence-corrected chi connectivity index (χ4v) is 2.27. The number of hydrogen-bond acceptors (Lipinski definition) is 3. The molecule has 114 valence electrons. The van der Waals surface area contributed by atoms with Crippen LogP contribution in [-0.2, 0) is 13.0 Å². The van der Waals surface area contributed by atoms with Gasteiger partial charge in [0.1, 0.15) is 11.9 Å². The Kier molecular flexibility index (Phi) is 5.39. The first-order valence-corrected chi connectivity index (χ1v) is 7.67. The van der Waals surface area contributed by atoms with Gasteiger partial charge in [-0.1, -0.05) is 26.0 Å². The third kappa shape index (κ3) is 3.64. The zero-order valence-corrected chi connectivity index (χ0v) is 13.0. The summed E-state index contributed by atoms with van der Waals surface area (Å²) in [7, 11) is 0. The number of rotatable bonds is 7. The Balaban J connectivity index is 2.19. The zero-order chi connectivity index (χ0) is 15.2. The number of benzene rings is 1. The predicted molar refractivity (Wildman–Crippen MR) is 83.6 cm³/mol. The highest BCUT2D eigenvalue weighted by atomic mass is 16.5. The van der Waals surface area contributed by atoms with Gasteiger partial charge in [-0.05, 0) is 43.5 Å². The van der Waals surface area contributed by atoms with Crippen molar-refractivity contribution in [3.05, 3.63) is 47.3 Å². The van der Waals surface area contributed by atoms with E-state index in [2.05, 4.69) is 18.9 Å². The molecular formula is C17H24N2O2. The Morgan fingerprint density at radius 1 is 1.19 bits per heavy atom. The van der Waals surface area contributed by atoms with Crippen LogP contribution in [0.2, 0.25) is 0 Å². The van der Waals surface area contributed by atoms with Gasteiger partial charge in [0.15, 0.2) is 0 Å². The lowest BCUT2D eigenvalue weighted by molar-refractivity contribution is 0.208. The molecule has 0 aliphatic heterocycles. The van der Waals surface area contributed by atoms with E-state index in [0.29, 0.717) is 6.61 Å². The Labute approximate surface area is 126 Å². The van der Waals surface area contributed by atoms with Crippen molar-refractivity contribution in [2.45, 2.75) is 46.3 Å². The first-order valence-electron chi connectivity index (χ1n) is 7.67. The number of aliphatic hydroxyl groups excluding tert-OH is 1. The second-order valence-electron chi connectivity index (χ2n) is 5.05. The third-order valence-corrected chi connectivity index (χ3v) is 3.47. The smallest absolute Gasteiger partial charge is 0.121 e. The van der Waals surface area contributed by atoms with Crippen LogP contribution in [0.15, 0.2) is 30.3 Å². The summed E-state index contributed by atoms with van der Waals surface area (Å²) < 4.78 is 7.43. The fourth-order valence-electron chi connectivity index (χ4n) is 2.27. The highest BCUT2D eigenvalue weighted by molar-refractivity contribution is 5.32. The molecule has 0 bridgehead atoms. The maximum absolute atomic E-state index is 10.6. The number of ether oxygens (including phenoxy) is 1. The van der Waals surface area contributed by atoms with Crippen LogP contribution in [0.3, 0.4) is 0 Å². The zero-order valence-electron chi connectivity index (χ0n) is 13.0. The van der Waals surface area contributed by atoms with E-state index in [1.54, 1.807) is 0 Å². The summed E-state index contributed by atoms with van der Waals surface area (Å²) in [6.45, 7) is 7.65. The highest BCUT2D eigenvalue weighted by Crippen LogP contribution is 2.25. The first kappa shape index (κ1) is 15.6. The fraction of sp³-hybridized carbons (Fsp3) is 0.471. The van der Waals surface area contributed by atoms with Crippen LogP contribution in [0.4, 0.5) is 0 Å². The average molecular weight is 288 g/mol. The third-order valence-electron chi connectivity index (χ3n) is 3.47. The first-order chi connectivity index (χ1) is 10.2. The molecular weight excluding hydrogens is 264 g/mol. The molecule has 21 heavy (non-hydrogen) atoms. The Morgan fingerprint density at radius 3 is 2.48 bits per heavy atom. The van der Waals surface area contributed by atoms with E-state index in [9.17, 15) is 5.11 Å². The van der Waals surface area contributed by atoms with Crippen LogP contribution in [0.5, 0.6) is 5.75 Å². The van der Waals surface area contributed by atoms with Crippen molar-refractivity contribution in [3.63, 3.8) is 0 Å². The molecule has 1 unspecified atom stereocenters. The molecule has 0 saturated carbocycles. The summed E-state index contributed by atoms with van der Waals surface area (Å²) in [5.41, 5.74) is 2.71. The molecule has 0 saturated heterocycles. The number of nitrogens with zero attached hydrogens (tertiary/aromatic N) is 2. The maximum atomic E-state index is 10.6. The summed E-state index contributed by atoms with van der Waals surface area (Å²) in [6.07, 6.45) is 1.20. The van der Waals surface area contributed by atoms with Crippen LogP contribution < -0.4 is 4.74 Å². The summed E-state index contributed by atoms with van der Waals surface area (Å²) in [5, 5.41) is 15.1. The van der Waals surface area contributed by atoms with Crippen molar-refractivity contribution in [2.75, 3.05) is 6.61 Å². The molecule has 2 aromatic rings. The van der Waals surface area contributed by atoms with Gasteiger partial charge in [0.2, 0.25) is 0 Å². The lowest BCUT2D eigenvalue weighted by Crippen LogP contribution is -2.09. The lowest BCUT2D eigenvalue weighted by Gasteiger charge is -2.13. The molecule has 0 radical (unpaired) electrons. The highest BCUT2D eigenvalue weighted by Gasteiger charge is 2.16. The number of aliphatic hydroxyl groups is 1. The van der Waals surface area contributed by atoms with E-state index in [0.717, 1.165) is 42.1 Å². The van der Waals surface area contributed by atoms with Gasteiger partial charge in [0.05, 0.1) is 18.0 Å². The summed E-state index contributed by atoms with van der Waals surface area (Å²) in [4.78, 5) is 0. The molecule has 4 heteroatoms. The van der Waals surface area contributed by atoms with E-state index >= 15 is 0 Å². The number of aromatic nitrogens is 2. The van der Waals surface area contributed by atoms with Crippen LogP contribution in [0.1, 0.15) is 50.2 Å². The molecule has 4 nitrogen and oxygen atoms in total. The van der Waals surface area contributed by atoms with E-state index < -0.39 is 6.10 Å². The minimum absolute atomic E-state index is 0.655. The molecule has 2 rings (SSSR count).